The molecular formula is C14H11N7. The molecule has 0 fully saturated rings. The fourth-order valence-corrected chi connectivity index (χ4v) is 2.33. The number of tetrazole rings is 1. The van der Waals surface area contributed by atoms with Crippen molar-refractivity contribution in [2.75, 3.05) is 0 Å². The number of hydrogen-bond acceptors (Lipinski definition) is 5. The van der Waals surface area contributed by atoms with Gasteiger partial charge in [-0.3, -0.25) is 0 Å². The number of nitrogens with zero attached hydrogens (tertiary/aromatic N) is 6. The maximum Gasteiger partial charge on any atom is 0.222 e. The first kappa shape index (κ1) is 11.7. The molecule has 0 saturated heterocycles. The summed E-state index contributed by atoms with van der Waals surface area (Å²) in [4.78, 5) is 9.21. The Morgan fingerprint density at radius 3 is 2.62 bits per heavy atom. The van der Waals surface area contributed by atoms with E-state index in [1.165, 1.54) is 0 Å². The third-order valence-corrected chi connectivity index (χ3v) is 3.34. The molecule has 4 aromatic rings. The van der Waals surface area contributed by atoms with Gasteiger partial charge in [-0.25, -0.2) is 9.97 Å². The van der Waals surface area contributed by atoms with E-state index in [4.69, 9.17) is 0 Å². The highest BCUT2D eigenvalue weighted by molar-refractivity contribution is 5.80. The molecule has 21 heavy (non-hydrogen) atoms. The zero-order chi connectivity index (χ0) is 14.2. The van der Waals surface area contributed by atoms with Crippen molar-refractivity contribution in [1.82, 2.24) is 35.2 Å². The Labute approximate surface area is 119 Å². The van der Waals surface area contributed by atoms with Crippen molar-refractivity contribution in [3.05, 3.63) is 42.5 Å². The number of H-pyrrole nitrogens is 1. The maximum absolute atomic E-state index is 4.64. The van der Waals surface area contributed by atoms with E-state index in [0.29, 0.717) is 11.5 Å². The van der Waals surface area contributed by atoms with Crippen LogP contribution >= 0.6 is 0 Å². The van der Waals surface area contributed by atoms with Gasteiger partial charge in [0.05, 0.1) is 11.0 Å². The van der Waals surface area contributed by atoms with Gasteiger partial charge >= 0.3 is 0 Å². The van der Waals surface area contributed by atoms with Crippen LogP contribution < -0.4 is 0 Å². The van der Waals surface area contributed by atoms with Crippen molar-refractivity contribution in [3.8, 4) is 23.0 Å². The molecule has 0 amide bonds. The van der Waals surface area contributed by atoms with E-state index >= 15 is 0 Å². The molecule has 0 spiro atoms. The first-order chi connectivity index (χ1) is 10.3. The molecule has 0 aliphatic carbocycles. The van der Waals surface area contributed by atoms with Crippen LogP contribution in [0, 0.1) is 0 Å². The number of hydrogen-bond donors (Lipinski definition) is 1. The van der Waals surface area contributed by atoms with Crippen LogP contribution in [0.3, 0.4) is 0 Å². The third-order valence-electron chi connectivity index (χ3n) is 3.34. The van der Waals surface area contributed by atoms with E-state index in [1.54, 1.807) is 0 Å². The molecule has 1 aromatic carbocycles. The first-order valence-corrected chi connectivity index (χ1v) is 6.45. The summed E-state index contributed by atoms with van der Waals surface area (Å²) in [6, 6.07) is 13.7. The predicted octanol–water partition coefficient (Wildman–Crippen LogP) is 1.82. The standard InChI is InChI=1S/C14H11N7/c1-21-12-8-3-2-5-9(12)16-14(21)11-7-4-6-10(15-11)13-17-19-20-18-13/h2-8H,1H3,(H,17,18,19,20). The lowest BCUT2D eigenvalue weighted by Crippen LogP contribution is -1.96. The smallest absolute Gasteiger partial charge is 0.222 e. The second-order valence-corrected chi connectivity index (χ2v) is 4.63. The summed E-state index contributed by atoms with van der Waals surface area (Å²) >= 11 is 0. The fraction of sp³-hybridized carbons (Fsp3) is 0.0714. The average molecular weight is 277 g/mol. The van der Waals surface area contributed by atoms with Crippen LogP contribution in [0.25, 0.3) is 34.1 Å². The van der Waals surface area contributed by atoms with Gasteiger partial charge in [0.1, 0.15) is 11.4 Å². The molecule has 0 saturated carbocycles. The van der Waals surface area contributed by atoms with Crippen molar-refractivity contribution in [2.45, 2.75) is 0 Å². The predicted molar refractivity (Wildman–Crippen MR) is 77.1 cm³/mol. The van der Waals surface area contributed by atoms with Crippen LogP contribution in [0.2, 0.25) is 0 Å². The minimum Gasteiger partial charge on any atom is -0.326 e. The summed E-state index contributed by atoms with van der Waals surface area (Å²) in [7, 11) is 1.98. The van der Waals surface area contributed by atoms with Gasteiger partial charge in [0.15, 0.2) is 5.82 Å². The largest absolute Gasteiger partial charge is 0.326 e. The average Bonchev–Trinajstić information content (AvgIpc) is 3.16. The Bertz CT molecular complexity index is 908. The highest BCUT2D eigenvalue weighted by Crippen LogP contribution is 2.23. The van der Waals surface area contributed by atoms with Crippen molar-refractivity contribution in [2.24, 2.45) is 7.05 Å². The first-order valence-electron chi connectivity index (χ1n) is 6.45. The van der Waals surface area contributed by atoms with Crippen molar-refractivity contribution >= 4 is 11.0 Å². The molecule has 0 aliphatic heterocycles. The van der Waals surface area contributed by atoms with E-state index in [-0.39, 0.29) is 0 Å². The summed E-state index contributed by atoms with van der Waals surface area (Å²) in [6.07, 6.45) is 0. The third kappa shape index (κ3) is 1.86. The van der Waals surface area contributed by atoms with Crippen molar-refractivity contribution < 1.29 is 0 Å². The molecule has 7 heteroatoms. The summed E-state index contributed by atoms with van der Waals surface area (Å²) in [6.45, 7) is 0. The van der Waals surface area contributed by atoms with Gasteiger partial charge in [-0.2, -0.15) is 5.21 Å². The lowest BCUT2D eigenvalue weighted by atomic mass is 10.3. The fourth-order valence-electron chi connectivity index (χ4n) is 2.33. The van der Waals surface area contributed by atoms with Crippen LogP contribution in [-0.4, -0.2) is 35.2 Å². The molecular weight excluding hydrogens is 266 g/mol. The monoisotopic (exact) mass is 277 g/mol. The summed E-state index contributed by atoms with van der Waals surface area (Å²) in [5.41, 5.74) is 3.45. The van der Waals surface area contributed by atoms with Gasteiger partial charge in [0.2, 0.25) is 5.82 Å². The molecule has 7 nitrogen and oxygen atoms in total. The van der Waals surface area contributed by atoms with Crippen LogP contribution in [-0.2, 0) is 7.05 Å². The Morgan fingerprint density at radius 2 is 1.81 bits per heavy atom. The Morgan fingerprint density at radius 1 is 0.952 bits per heavy atom. The SMILES string of the molecule is Cn1c(-c2cccc(-c3nn[nH]n3)n2)nc2ccccc21. The maximum atomic E-state index is 4.64. The van der Waals surface area contributed by atoms with Crippen LogP contribution in [0.15, 0.2) is 42.5 Å². The number of fused-ring (bicyclic) bond motifs is 1. The normalized spacial score (nSPS) is 11.1. The minimum atomic E-state index is 0.468. The molecule has 0 unspecified atom stereocenters. The molecule has 0 bridgehead atoms. The van der Waals surface area contributed by atoms with Gasteiger partial charge in [-0.05, 0) is 29.5 Å². The van der Waals surface area contributed by atoms with Crippen molar-refractivity contribution in [1.29, 1.82) is 0 Å². The molecule has 3 heterocycles. The molecule has 4 rings (SSSR count). The second-order valence-electron chi connectivity index (χ2n) is 4.63. The van der Waals surface area contributed by atoms with E-state index in [0.717, 1.165) is 22.6 Å². The molecule has 3 aromatic heterocycles. The van der Waals surface area contributed by atoms with Gasteiger partial charge in [-0.15, -0.1) is 10.2 Å². The van der Waals surface area contributed by atoms with E-state index in [9.17, 15) is 0 Å². The summed E-state index contributed by atoms with van der Waals surface area (Å²) < 4.78 is 2.03. The molecule has 1 N–H and O–H groups in total. The number of aromatic nitrogens is 7. The lowest BCUT2D eigenvalue weighted by Gasteiger charge is -2.02. The number of rotatable bonds is 2. The molecule has 102 valence electrons. The number of para-hydroxylation sites is 2. The quantitative estimate of drug-likeness (QED) is 0.604. The second kappa shape index (κ2) is 4.48. The Balaban J connectivity index is 1.89. The van der Waals surface area contributed by atoms with E-state index in [1.807, 2.05) is 54.1 Å². The Kier molecular flexibility index (Phi) is 2.50. The number of nitrogens with one attached hydrogen (secondary N) is 1. The lowest BCUT2D eigenvalue weighted by molar-refractivity contribution is 0.881. The summed E-state index contributed by atoms with van der Waals surface area (Å²) in [5.74, 6) is 1.28. The number of pyridine rings is 1. The van der Waals surface area contributed by atoms with E-state index < -0.39 is 0 Å². The molecule has 0 radical (unpaired) electrons. The van der Waals surface area contributed by atoms with Gasteiger partial charge in [0, 0.05) is 7.05 Å². The molecule has 0 atom stereocenters. The highest BCUT2D eigenvalue weighted by Gasteiger charge is 2.12. The number of aromatic amines is 1. The van der Waals surface area contributed by atoms with Crippen LogP contribution in [0.1, 0.15) is 0 Å². The van der Waals surface area contributed by atoms with E-state index in [2.05, 4.69) is 30.6 Å². The minimum absolute atomic E-state index is 0.468. The highest BCUT2D eigenvalue weighted by atomic mass is 15.5. The Hall–Kier alpha value is -3.09. The summed E-state index contributed by atoms with van der Waals surface area (Å²) in [5, 5.41) is 13.9. The molecule has 0 aliphatic rings. The number of aryl methyl sites for hydroxylation is 1. The van der Waals surface area contributed by atoms with Gasteiger partial charge in [-0.1, -0.05) is 18.2 Å². The van der Waals surface area contributed by atoms with Gasteiger partial charge in [0.25, 0.3) is 0 Å². The topological polar surface area (TPSA) is 85.2 Å². The van der Waals surface area contributed by atoms with Crippen molar-refractivity contribution in [3.63, 3.8) is 0 Å². The van der Waals surface area contributed by atoms with Crippen LogP contribution in [0.5, 0.6) is 0 Å². The van der Waals surface area contributed by atoms with Gasteiger partial charge < -0.3 is 4.57 Å². The van der Waals surface area contributed by atoms with Crippen LogP contribution in [0.4, 0.5) is 0 Å². The number of imidazole rings is 1. The number of benzene rings is 1. The zero-order valence-electron chi connectivity index (χ0n) is 11.2. The zero-order valence-corrected chi connectivity index (χ0v) is 11.2.